The van der Waals surface area contributed by atoms with E-state index in [9.17, 15) is 4.39 Å². The number of benzene rings is 1. The van der Waals surface area contributed by atoms with Crippen LogP contribution in [0.1, 0.15) is 5.56 Å². The molecule has 0 radical (unpaired) electrons. The van der Waals surface area contributed by atoms with E-state index in [-0.39, 0.29) is 5.82 Å². The van der Waals surface area contributed by atoms with Gasteiger partial charge in [0.25, 0.3) is 0 Å². The van der Waals surface area contributed by atoms with Gasteiger partial charge in [0.15, 0.2) is 0 Å². The van der Waals surface area contributed by atoms with Gasteiger partial charge in [-0.05, 0) is 0 Å². The van der Waals surface area contributed by atoms with Crippen molar-refractivity contribution < 1.29 is 20.7 Å². The molecule has 0 unspecified atom stereocenters. The third-order valence-electron chi connectivity index (χ3n) is 1.02. The summed E-state index contributed by atoms with van der Waals surface area (Å²) in [5.74, 6) is -0.241. The Balaban J connectivity index is 0.000000461. The number of rotatable bonds is 0. The normalized spacial score (nSPS) is 8.45. The predicted octanol–water partition coefficient (Wildman–Crippen LogP) is 3.61. The summed E-state index contributed by atoms with van der Waals surface area (Å²) in [6.45, 7) is 3.65. The van der Waals surface area contributed by atoms with Crippen molar-refractivity contribution >= 4 is 29.6 Å². The van der Waals surface area contributed by atoms with Crippen molar-refractivity contribution in [2.24, 2.45) is 0 Å². The van der Waals surface area contributed by atoms with Crippen LogP contribution < -0.4 is 0 Å². The molecule has 1 aromatic carbocycles. The topological polar surface area (TPSA) is 0 Å². The van der Waals surface area contributed by atoms with Gasteiger partial charge < -0.3 is 0 Å². The van der Waals surface area contributed by atoms with Gasteiger partial charge in [0.1, 0.15) is 0 Å². The summed E-state index contributed by atoms with van der Waals surface area (Å²) < 4.78 is 13.0. The molecule has 0 heterocycles. The van der Waals surface area contributed by atoms with Crippen molar-refractivity contribution in [2.45, 2.75) is 0 Å². The minimum absolute atomic E-state index is 0.241. The molecule has 1 aromatic rings. The molecule has 11 heavy (non-hydrogen) atoms. The minimum atomic E-state index is -0.241. The Labute approximate surface area is 90.7 Å². The van der Waals surface area contributed by atoms with E-state index in [2.05, 4.69) is 36.5 Å². The molecule has 0 saturated heterocycles. The quantitative estimate of drug-likeness (QED) is 0.503. The summed E-state index contributed by atoms with van der Waals surface area (Å²) in [4.78, 5) is 0. The van der Waals surface area contributed by atoms with Gasteiger partial charge in [0.2, 0.25) is 0 Å². The molecule has 0 aliphatic carbocycles. The Kier molecular flexibility index (Phi) is 6.49. The van der Waals surface area contributed by atoms with Crippen LogP contribution in [0.15, 0.2) is 22.7 Å². The first-order valence-corrected chi connectivity index (χ1v) is 10.5. The second kappa shape index (κ2) is 6.16. The molecule has 56 valence electrons. The molecule has 0 amide bonds. The van der Waals surface area contributed by atoms with Crippen molar-refractivity contribution in [2.75, 3.05) is 0 Å². The van der Waals surface area contributed by atoms with Gasteiger partial charge >= 0.3 is 30.0 Å². The van der Waals surface area contributed by atoms with Gasteiger partial charge in [-0.15, -0.1) is 15.9 Å². The van der Waals surface area contributed by atoms with E-state index in [1.807, 2.05) is 0 Å². The van der Waals surface area contributed by atoms with Crippen molar-refractivity contribution in [3.8, 4) is 0 Å². The summed E-state index contributed by atoms with van der Waals surface area (Å²) in [6, 6.07) is 4.40. The van der Waals surface area contributed by atoms with Crippen LogP contribution in [0, 0.1) is 12.7 Å². The van der Waals surface area contributed by atoms with E-state index in [0.29, 0.717) is 4.47 Å². The van der Waals surface area contributed by atoms with E-state index < -0.39 is 0 Å². The van der Waals surface area contributed by atoms with Crippen LogP contribution in [0.25, 0.3) is 0 Å². The maximum atomic E-state index is 12.3. The van der Waals surface area contributed by atoms with E-state index >= 15 is 0 Å². The fourth-order valence-corrected chi connectivity index (χ4v) is 0.873. The average molecular weight is 333 g/mol. The second-order valence-electron chi connectivity index (χ2n) is 1.74. The standard InChI is InChI=1S/C7H5BrF.BrH.Zn/c1-5-2-3-6(9)4-7(5)8;;/h2-4H,1H2;1H;/q-1;;+2/p-1. The molecule has 0 atom stereocenters. The maximum absolute atomic E-state index is 12.3. The summed E-state index contributed by atoms with van der Waals surface area (Å²) in [6.07, 6.45) is 0. The third-order valence-corrected chi connectivity index (χ3v) is 1.75. The molecule has 0 bridgehead atoms. The van der Waals surface area contributed by atoms with Gasteiger partial charge in [-0.2, -0.15) is 18.6 Å². The molecule has 0 nitrogen and oxygen atoms in total. The van der Waals surface area contributed by atoms with Crippen LogP contribution in [0.5, 0.6) is 0 Å². The summed E-state index contributed by atoms with van der Waals surface area (Å²) in [5, 5.41) is 0. The van der Waals surface area contributed by atoms with Crippen LogP contribution in [0.2, 0.25) is 0 Å². The van der Waals surface area contributed by atoms with E-state index in [4.69, 9.17) is 0 Å². The Morgan fingerprint density at radius 2 is 1.91 bits per heavy atom. The summed E-state index contributed by atoms with van der Waals surface area (Å²) in [7, 11) is 0. The molecule has 0 fully saturated rings. The molecular weight excluding hydrogens is 328 g/mol. The molecule has 0 aliphatic rings. The van der Waals surface area contributed by atoms with Crippen LogP contribution in [-0.2, 0) is 16.3 Å². The van der Waals surface area contributed by atoms with Gasteiger partial charge in [-0.1, -0.05) is 16.6 Å². The zero-order valence-electron chi connectivity index (χ0n) is 5.78. The number of halogens is 3. The van der Waals surface area contributed by atoms with Crippen molar-refractivity contribution in [3.63, 3.8) is 0 Å². The molecule has 0 N–H and O–H groups in total. The van der Waals surface area contributed by atoms with Gasteiger partial charge in [-0.3, -0.25) is 0 Å². The zero-order valence-corrected chi connectivity index (χ0v) is 11.9. The van der Waals surface area contributed by atoms with E-state index in [0.717, 1.165) is 5.56 Å². The monoisotopic (exact) mass is 330 g/mol. The molecule has 0 saturated carbocycles. The zero-order chi connectivity index (χ0) is 8.85. The number of hydrogen-bond donors (Lipinski definition) is 0. The van der Waals surface area contributed by atoms with E-state index in [1.165, 1.54) is 28.5 Å². The molecule has 4 heteroatoms. The second-order valence-corrected chi connectivity index (χ2v) is 2.59. The molecule has 0 aromatic heterocycles. The third kappa shape index (κ3) is 4.24. The van der Waals surface area contributed by atoms with E-state index in [1.54, 1.807) is 6.07 Å². The average Bonchev–Trinajstić information content (AvgIpc) is 2.02. The SMILES string of the molecule is [CH2-]c1ccc(F)cc1Br.[Zn+][Br]. The Morgan fingerprint density at radius 1 is 1.36 bits per heavy atom. The van der Waals surface area contributed by atoms with Gasteiger partial charge in [0.05, 0.1) is 5.82 Å². The first-order valence-electron chi connectivity index (χ1n) is 2.74. The van der Waals surface area contributed by atoms with Gasteiger partial charge in [0, 0.05) is 0 Å². The van der Waals surface area contributed by atoms with Crippen molar-refractivity contribution in [1.29, 1.82) is 0 Å². The Hall–Kier alpha value is 0.603. The Morgan fingerprint density at radius 3 is 2.27 bits per heavy atom. The fraction of sp³-hybridized carbons (Fsp3) is 0. The van der Waals surface area contributed by atoms with Crippen molar-refractivity contribution in [1.82, 2.24) is 0 Å². The predicted molar refractivity (Wildman–Crippen MR) is 47.5 cm³/mol. The molecule has 0 spiro atoms. The van der Waals surface area contributed by atoms with Crippen LogP contribution in [0.4, 0.5) is 4.39 Å². The van der Waals surface area contributed by atoms with Crippen molar-refractivity contribution in [3.05, 3.63) is 41.0 Å². The number of hydrogen-bond acceptors (Lipinski definition) is 0. The summed E-state index contributed by atoms with van der Waals surface area (Å²) in [5.41, 5.74) is 0.802. The Bertz CT molecular complexity index is 228. The molecule has 1 rings (SSSR count). The fourth-order valence-electron chi connectivity index (χ4n) is 0.522. The van der Waals surface area contributed by atoms with Crippen LogP contribution >= 0.6 is 29.6 Å². The first-order chi connectivity index (χ1) is 5.20. The van der Waals surface area contributed by atoms with Crippen LogP contribution in [-0.4, -0.2) is 0 Å². The molecule has 0 aliphatic heterocycles. The first kappa shape index (κ1) is 11.6. The van der Waals surface area contributed by atoms with Crippen LogP contribution in [0.3, 0.4) is 0 Å². The summed E-state index contributed by atoms with van der Waals surface area (Å²) >= 11 is 7.39. The molecular formula is C7H5Br2FZn. The van der Waals surface area contributed by atoms with Gasteiger partial charge in [-0.25, -0.2) is 4.39 Å².